The third-order valence-corrected chi connectivity index (χ3v) is 4.17. The lowest BCUT2D eigenvalue weighted by Gasteiger charge is -2.35. The second-order valence-corrected chi connectivity index (χ2v) is 5.86. The van der Waals surface area contributed by atoms with Crippen LogP contribution in [0.25, 0.3) is 0 Å². The summed E-state index contributed by atoms with van der Waals surface area (Å²) in [6.45, 7) is 7.01. The summed E-state index contributed by atoms with van der Waals surface area (Å²) in [5, 5.41) is 13.9. The lowest BCUT2D eigenvalue weighted by atomic mass is 9.79. The van der Waals surface area contributed by atoms with Crippen molar-refractivity contribution in [2.45, 2.75) is 58.2 Å². The topological polar surface area (TPSA) is 37.2 Å². The highest BCUT2D eigenvalue weighted by Crippen LogP contribution is 2.31. The van der Waals surface area contributed by atoms with Crippen LogP contribution in [0.15, 0.2) is 18.5 Å². The third kappa shape index (κ3) is 3.59. The van der Waals surface area contributed by atoms with Crippen molar-refractivity contribution in [1.29, 1.82) is 0 Å². The van der Waals surface area contributed by atoms with Gasteiger partial charge in [-0.1, -0.05) is 6.92 Å². The molecule has 0 aliphatic heterocycles. The van der Waals surface area contributed by atoms with Gasteiger partial charge < -0.3 is 15.0 Å². The van der Waals surface area contributed by atoms with E-state index in [1.807, 2.05) is 0 Å². The predicted octanol–water partition coefficient (Wildman–Crippen LogP) is 2.54. The van der Waals surface area contributed by atoms with Gasteiger partial charge in [0.05, 0.1) is 5.60 Å². The lowest BCUT2D eigenvalue weighted by molar-refractivity contribution is -0.00630. The maximum Gasteiger partial charge on any atom is 0.0771 e. The minimum Gasteiger partial charge on any atom is -0.389 e. The van der Waals surface area contributed by atoms with Gasteiger partial charge in [0.1, 0.15) is 0 Å². The van der Waals surface area contributed by atoms with E-state index in [0.717, 1.165) is 51.2 Å². The molecule has 102 valence electrons. The van der Waals surface area contributed by atoms with Gasteiger partial charge in [0.25, 0.3) is 0 Å². The highest BCUT2D eigenvalue weighted by Gasteiger charge is 2.31. The summed E-state index contributed by atoms with van der Waals surface area (Å²) in [4.78, 5) is 0. The van der Waals surface area contributed by atoms with Crippen molar-refractivity contribution in [1.82, 2.24) is 9.88 Å². The molecule has 1 aromatic rings. The number of rotatable bonds is 5. The van der Waals surface area contributed by atoms with Crippen molar-refractivity contribution in [2.24, 2.45) is 5.92 Å². The van der Waals surface area contributed by atoms with E-state index in [9.17, 15) is 5.11 Å². The first-order chi connectivity index (χ1) is 8.61. The fraction of sp³-hybridized carbons (Fsp3) is 0.733. The number of aliphatic hydroxyl groups is 1. The van der Waals surface area contributed by atoms with E-state index < -0.39 is 5.60 Å². The van der Waals surface area contributed by atoms with Crippen molar-refractivity contribution in [3.63, 3.8) is 0 Å². The number of nitrogens with zero attached hydrogens (tertiary/aromatic N) is 1. The Morgan fingerprint density at radius 1 is 1.44 bits per heavy atom. The third-order valence-electron chi connectivity index (χ3n) is 4.17. The molecule has 1 saturated carbocycles. The maximum absolute atomic E-state index is 10.5. The Labute approximate surface area is 110 Å². The van der Waals surface area contributed by atoms with Crippen LogP contribution >= 0.6 is 0 Å². The van der Waals surface area contributed by atoms with E-state index >= 15 is 0 Å². The summed E-state index contributed by atoms with van der Waals surface area (Å²) >= 11 is 0. The zero-order chi connectivity index (χ0) is 13.0. The molecule has 1 aromatic heterocycles. The molecule has 0 radical (unpaired) electrons. The van der Waals surface area contributed by atoms with Crippen molar-refractivity contribution < 1.29 is 5.11 Å². The Morgan fingerprint density at radius 3 is 2.78 bits per heavy atom. The smallest absolute Gasteiger partial charge is 0.0771 e. The molecule has 0 bridgehead atoms. The minimum absolute atomic E-state index is 0.472. The quantitative estimate of drug-likeness (QED) is 0.842. The van der Waals surface area contributed by atoms with Crippen LogP contribution in [0.1, 0.15) is 45.1 Å². The van der Waals surface area contributed by atoms with Crippen LogP contribution in [0.3, 0.4) is 0 Å². The fourth-order valence-electron chi connectivity index (χ4n) is 2.71. The lowest BCUT2D eigenvalue weighted by Crippen LogP contribution is -2.43. The molecular formula is C15H26N2O. The van der Waals surface area contributed by atoms with E-state index in [0.29, 0.717) is 0 Å². The van der Waals surface area contributed by atoms with E-state index in [1.54, 1.807) is 0 Å². The van der Waals surface area contributed by atoms with Crippen molar-refractivity contribution in [3.05, 3.63) is 24.0 Å². The summed E-state index contributed by atoms with van der Waals surface area (Å²) in [6, 6.07) is 2.14. The van der Waals surface area contributed by atoms with Gasteiger partial charge in [0.15, 0.2) is 0 Å². The van der Waals surface area contributed by atoms with E-state index in [4.69, 9.17) is 0 Å². The van der Waals surface area contributed by atoms with Crippen LogP contribution in [-0.2, 0) is 13.1 Å². The van der Waals surface area contributed by atoms with E-state index in [2.05, 4.69) is 42.2 Å². The first-order valence-electron chi connectivity index (χ1n) is 7.19. The Morgan fingerprint density at radius 2 is 2.17 bits per heavy atom. The monoisotopic (exact) mass is 250 g/mol. The zero-order valence-corrected chi connectivity index (χ0v) is 11.7. The van der Waals surface area contributed by atoms with Crippen LogP contribution in [-0.4, -0.2) is 21.8 Å². The average molecular weight is 250 g/mol. The summed E-state index contributed by atoms with van der Waals surface area (Å²) in [7, 11) is 0. The van der Waals surface area contributed by atoms with Crippen LogP contribution in [0, 0.1) is 5.92 Å². The Kier molecular flexibility index (Phi) is 4.46. The molecule has 1 fully saturated rings. The number of aromatic nitrogens is 1. The molecule has 0 aromatic carbocycles. The van der Waals surface area contributed by atoms with Crippen LogP contribution in [0.4, 0.5) is 0 Å². The number of aryl methyl sites for hydroxylation is 1. The molecule has 3 nitrogen and oxygen atoms in total. The van der Waals surface area contributed by atoms with Crippen LogP contribution in [0.2, 0.25) is 0 Å². The molecular weight excluding hydrogens is 224 g/mol. The molecule has 3 heteroatoms. The van der Waals surface area contributed by atoms with Gasteiger partial charge in [-0.15, -0.1) is 0 Å². The predicted molar refractivity (Wildman–Crippen MR) is 74.4 cm³/mol. The first kappa shape index (κ1) is 13.6. The molecule has 0 atom stereocenters. The summed E-state index contributed by atoms with van der Waals surface area (Å²) in [6.07, 6.45) is 8.47. The van der Waals surface area contributed by atoms with Crippen molar-refractivity contribution in [3.8, 4) is 0 Å². The molecule has 0 amide bonds. The highest BCUT2D eigenvalue weighted by molar-refractivity contribution is 5.10. The first-order valence-corrected chi connectivity index (χ1v) is 7.19. The fourth-order valence-corrected chi connectivity index (χ4v) is 2.71. The second-order valence-electron chi connectivity index (χ2n) is 5.86. The summed E-state index contributed by atoms with van der Waals surface area (Å²) in [5.41, 5.74) is 0.824. The molecule has 1 aliphatic carbocycles. The molecule has 2 rings (SSSR count). The van der Waals surface area contributed by atoms with Gasteiger partial charge >= 0.3 is 0 Å². The SMILES string of the molecule is CCn1ccc(CNCC2(O)CCC(C)CC2)c1. The molecule has 1 aliphatic rings. The summed E-state index contributed by atoms with van der Waals surface area (Å²) in [5.74, 6) is 0.781. The number of nitrogens with one attached hydrogen (secondary N) is 1. The molecule has 1 heterocycles. The van der Waals surface area contributed by atoms with Gasteiger partial charge in [-0.2, -0.15) is 0 Å². The van der Waals surface area contributed by atoms with Gasteiger partial charge in [-0.05, 0) is 50.2 Å². The zero-order valence-electron chi connectivity index (χ0n) is 11.7. The maximum atomic E-state index is 10.5. The van der Waals surface area contributed by atoms with Crippen LogP contribution < -0.4 is 5.32 Å². The molecule has 0 spiro atoms. The van der Waals surface area contributed by atoms with Crippen LogP contribution in [0.5, 0.6) is 0 Å². The normalized spacial score (nSPS) is 28.5. The van der Waals surface area contributed by atoms with Gasteiger partial charge in [-0.3, -0.25) is 0 Å². The van der Waals surface area contributed by atoms with Gasteiger partial charge in [0.2, 0.25) is 0 Å². The van der Waals surface area contributed by atoms with Crippen molar-refractivity contribution in [2.75, 3.05) is 6.54 Å². The highest BCUT2D eigenvalue weighted by atomic mass is 16.3. The van der Waals surface area contributed by atoms with E-state index in [-0.39, 0.29) is 0 Å². The van der Waals surface area contributed by atoms with Crippen molar-refractivity contribution >= 4 is 0 Å². The largest absolute Gasteiger partial charge is 0.389 e. The molecule has 0 unspecified atom stereocenters. The number of hydrogen-bond acceptors (Lipinski definition) is 2. The molecule has 2 N–H and O–H groups in total. The number of hydrogen-bond donors (Lipinski definition) is 2. The molecule has 0 saturated heterocycles. The average Bonchev–Trinajstić information content (AvgIpc) is 2.81. The van der Waals surface area contributed by atoms with E-state index in [1.165, 1.54) is 5.56 Å². The minimum atomic E-state index is -0.472. The standard InChI is InChI=1S/C15H26N2O/c1-3-17-9-6-14(11-17)10-16-12-15(18)7-4-13(2)5-8-15/h6,9,11,13,16,18H,3-5,7-8,10,12H2,1-2H3. The Balaban J connectivity index is 1.74. The Hall–Kier alpha value is -0.800. The van der Waals surface area contributed by atoms with Gasteiger partial charge in [0, 0.05) is 32.0 Å². The molecule has 18 heavy (non-hydrogen) atoms. The summed E-state index contributed by atoms with van der Waals surface area (Å²) < 4.78 is 2.17. The Bertz CT molecular complexity index is 364. The second kappa shape index (κ2) is 5.89. The van der Waals surface area contributed by atoms with Gasteiger partial charge in [-0.25, -0.2) is 0 Å².